The molecule has 96 heavy (non-hydrogen) atoms. The van der Waals surface area contributed by atoms with Gasteiger partial charge in [0.25, 0.3) is 23.6 Å². The Morgan fingerprint density at radius 1 is 0.271 bits per heavy atom. The van der Waals surface area contributed by atoms with E-state index in [-0.39, 0.29) is 23.7 Å². The molecule has 0 saturated heterocycles. The number of carbonyl (C=O) groups excluding carboxylic acids is 4. The Labute approximate surface area is 608 Å². The monoisotopic (exact) mass is 1710 g/mol. The SMILES string of the molecule is CC(C)c1cccc(C(C)C)c1N1C(=O)c2cc(Oc3ccc(I)cc3)c3c4ccc5c6c(Oc7ccc(I)cc7)cc7c8c(cc(Oc9ccc(I)cc9)c(c9ccc(c%10c(Oc%11ccc(I)cc%11)cc(c2c3%10)C1=O)c4c59)c86)C(=O)N(c1c(C(C)C)cccc1C(C)C)C7=O. The smallest absolute Gasteiger partial charge is 0.266 e. The Balaban J connectivity index is 1.08. The molecule has 0 saturated carbocycles. The number of amides is 4. The predicted octanol–water partition coefficient (Wildman–Crippen LogP) is 24.3. The van der Waals surface area contributed by atoms with Gasteiger partial charge in [0.15, 0.2) is 0 Å². The molecule has 2 aliphatic rings. The van der Waals surface area contributed by atoms with Crippen LogP contribution in [0.15, 0.2) is 182 Å². The quantitative estimate of drug-likeness (QED) is 0.0458. The normalized spacial score (nSPS) is 13.4. The van der Waals surface area contributed by atoms with Gasteiger partial charge >= 0.3 is 0 Å². The maximum Gasteiger partial charge on any atom is 0.266 e. The Kier molecular flexibility index (Phi) is 15.5. The molecule has 14 aromatic carbocycles. The summed E-state index contributed by atoms with van der Waals surface area (Å²) in [6.07, 6.45) is 0. The van der Waals surface area contributed by atoms with Crippen molar-refractivity contribution in [3.8, 4) is 46.0 Å². The second-order valence-electron chi connectivity index (χ2n) is 26.1. The molecule has 0 spiro atoms. The van der Waals surface area contributed by atoms with E-state index in [4.69, 9.17) is 18.9 Å². The molecule has 10 nitrogen and oxygen atoms in total. The van der Waals surface area contributed by atoms with Crippen LogP contribution in [0.25, 0.3) is 75.4 Å². The number of carbonyl (C=O) groups is 4. The number of hydrogen-bond donors (Lipinski definition) is 0. The summed E-state index contributed by atoms with van der Waals surface area (Å²) in [4.78, 5) is 67.3. The molecule has 14 aromatic rings. The first-order valence-corrected chi connectivity index (χ1v) is 36.3. The molecule has 14 heteroatoms. The number of anilines is 2. The van der Waals surface area contributed by atoms with Crippen molar-refractivity contribution in [3.63, 3.8) is 0 Å². The highest BCUT2D eigenvalue weighted by molar-refractivity contribution is 14.1. The van der Waals surface area contributed by atoms with Crippen LogP contribution in [0.5, 0.6) is 46.0 Å². The zero-order chi connectivity index (χ0) is 66.6. The first-order chi connectivity index (χ1) is 46.2. The van der Waals surface area contributed by atoms with E-state index in [0.717, 1.165) is 68.9 Å². The maximum absolute atomic E-state index is 16.1. The van der Waals surface area contributed by atoms with E-state index in [0.29, 0.717) is 123 Å². The molecular formula is C82H58I4N2O8. The van der Waals surface area contributed by atoms with Gasteiger partial charge in [0, 0.05) is 57.4 Å². The number of fused-ring (bicyclic) bond motifs is 4. The van der Waals surface area contributed by atoms with Crippen molar-refractivity contribution >= 4 is 201 Å². The van der Waals surface area contributed by atoms with Gasteiger partial charge in [0.1, 0.15) is 46.0 Å². The van der Waals surface area contributed by atoms with E-state index in [1.807, 2.05) is 158 Å². The summed E-state index contributed by atoms with van der Waals surface area (Å²) in [5.41, 5.74) is 5.94. The molecule has 0 N–H and O–H groups in total. The van der Waals surface area contributed by atoms with Gasteiger partial charge in [-0.1, -0.05) is 116 Å². The lowest BCUT2D eigenvalue weighted by molar-refractivity contribution is 0.0877. The number of hydrogen-bond acceptors (Lipinski definition) is 8. The summed E-state index contributed by atoms with van der Waals surface area (Å²) in [6, 6.07) is 59.0. The zero-order valence-corrected chi connectivity index (χ0v) is 61.9. The third kappa shape index (κ3) is 9.89. The lowest BCUT2D eigenvalue weighted by atomic mass is 9.79. The number of imide groups is 2. The van der Waals surface area contributed by atoms with Gasteiger partial charge in [-0.15, -0.1) is 0 Å². The van der Waals surface area contributed by atoms with Crippen LogP contribution in [0.2, 0.25) is 0 Å². The second-order valence-corrected chi connectivity index (χ2v) is 31.0. The Hall–Kier alpha value is -8.18. The molecule has 0 aromatic heterocycles. The van der Waals surface area contributed by atoms with Crippen LogP contribution in [0, 0.1) is 14.3 Å². The molecular weight excluding hydrogens is 1650 g/mol. The van der Waals surface area contributed by atoms with Crippen molar-refractivity contribution in [2.75, 3.05) is 9.80 Å². The van der Waals surface area contributed by atoms with Crippen LogP contribution in [0.1, 0.15) is 143 Å². The van der Waals surface area contributed by atoms with Gasteiger partial charge in [0.05, 0.1) is 33.6 Å². The summed E-state index contributed by atoms with van der Waals surface area (Å²) < 4.78 is 33.0. The van der Waals surface area contributed by atoms with Gasteiger partial charge in [-0.3, -0.25) is 19.2 Å². The molecule has 0 fully saturated rings. The standard InChI is InChI=1S/C82H58I4N2O8/c1-39(2)51-11-9-12-52(40(3)4)77(51)87-79(89)59-35-63(93-47-23-15-43(83)16-24-47)71-55-31-33-57-68-58(34-32-56(67(55)68)72-64(94-48-25-17-44(84)18-26-48)36-60(80(87)90)69(59)75(71)72)74-66(96-50-29-21-46(86)22-30-50)38-62-70-61(37-65(73(57)76(70)74)95-49-27-19-45(85)20-28-49)81(91)88(82(62)92)78-53(41(5)6)13-10-14-54(78)42(7)8/h9-42H,1-8H3. The zero-order valence-electron chi connectivity index (χ0n) is 53.3. The van der Waals surface area contributed by atoms with Gasteiger partial charge in [-0.2, -0.15) is 0 Å². The molecule has 0 atom stereocenters. The number of benzene rings is 14. The lowest BCUT2D eigenvalue weighted by Crippen LogP contribution is -2.42. The minimum Gasteiger partial charge on any atom is -0.457 e. The number of nitrogens with zero attached hydrogens (tertiary/aromatic N) is 2. The van der Waals surface area contributed by atoms with E-state index >= 15 is 19.2 Å². The first kappa shape index (κ1) is 62.6. The minimum atomic E-state index is -0.461. The predicted molar refractivity (Wildman–Crippen MR) is 420 cm³/mol. The molecule has 0 radical (unpaired) electrons. The van der Waals surface area contributed by atoms with Crippen LogP contribution >= 0.6 is 90.4 Å². The fraction of sp³-hybridized carbons (Fsp3) is 0.146. The highest BCUT2D eigenvalue weighted by atomic mass is 127. The topological polar surface area (TPSA) is 112 Å². The molecule has 4 amide bonds. The maximum atomic E-state index is 16.1. The van der Waals surface area contributed by atoms with Gasteiger partial charge < -0.3 is 18.9 Å². The second kappa shape index (κ2) is 23.8. The Bertz CT molecular complexity index is 4990. The van der Waals surface area contributed by atoms with Crippen molar-refractivity contribution in [2.45, 2.75) is 79.1 Å². The highest BCUT2D eigenvalue weighted by Crippen LogP contribution is 2.58. The molecule has 2 heterocycles. The Morgan fingerprint density at radius 3 is 0.698 bits per heavy atom. The van der Waals surface area contributed by atoms with Crippen molar-refractivity contribution in [1.82, 2.24) is 0 Å². The molecule has 2 aliphatic heterocycles. The van der Waals surface area contributed by atoms with Crippen LogP contribution in [0.3, 0.4) is 0 Å². The first-order valence-electron chi connectivity index (χ1n) is 32.0. The number of para-hydroxylation sites is 2. The highest BCUT2D eigenvalue weighted by Gasteiger charge is 2.43. The number of ether oxygens (including phenoxy) is 4. The fourth-order valence-electron chi connectivity index (χ4n) is 14.7. The van der Waals surface area contributed by atoms with Gasteiger partial charge in [-0.05, 0) is 290 Å². The summed E-state index contributed by atoms with van der Waals surface area (Å²) in [5.74, 6) is 1.79. The van der Waals surface area contributed by atoms with Gasteiger partial charge in [-0.25, -0.2) is 9.80 Å². The van der Waals surface area contributed by atoms with Crippen LogP contribution in [-0.2, 0) is 0 Å². The molecule has 0 bridgehead atoms. The van der Waals surface area contributed by atoms with E-state index in [9.17, 15) is 0 Å². The van der Waals surface area contributed by atoms with E-state index in [1.165, 1.54) is 9.80 Å². The fourth-order valence-corrected chi connectivity index (χ4v) is 16.1. The number of halogens is 4. The summed E-state index contributed by atoms with van der Waals surface area (Å²) in [5, 5.41) is 9.64. The van der Waals surface area contributed by atoms with Crippen molar-refractivity contribution in [3.05, 3.63) is 241 Å². The molecule has 0 unspecified atom stereocenters. The van der Waals surface area contributed by atoms with E-state index in [1.54, 1.807) is 0 Å². The van der Waals surface area contributed by atoms with Crippen LogP contribution in [-0.4, -0.2) is 23.6 Å². The molecule has 0 aliphatic carbocycles. The van der Waals surface area contributed by atoms with E-state index < -0.39 is 23.6 Å². The summed E-state index contributed by atoms with van der Waals surface area (Å²) in [6.45, 7) is 16.7. The summed E-state index contributed by atoms with van der Waals surface area (Å²) in [7, 11) is 0. The van der Waals surface area contributed by atoms with Crippen molar-refractivity contribution in [1.29, 1.82) is 0 Å². The lowest BCUT2D eigenvalue weighted by Gasteiger charge is -2.34. The Morgan fingerprint density at radius 2 is 0.490 bits per heavy atom. The largest absolute Gasteiger partial charge is 0.457 e. The average Bonchev–Trinajstić information content (AvgIpc) is 0.673. The van der Waals surface area contributed by atoms with Crippen molar-refractivity contribution < 1.29 is 38.1 Å². The third-order valence-electron chi connectivity index (χ3n) is 18.9. The van der Waals surface area contributed by atoms with Crippen LogP contribution < -0.4 is 28.7 Å². The summed E-state index contributed by atoms with van der Waals surface area (Å²) >= 11 is 9.14. The van der Waals surface area contributed by atoms with Crippen molar-refractivity contribution in [2.24, 2.45) is 0 Å². The minimum absolute atomic E-state index is 0.0323. The van der Waals surface area contributed by atoms with Gasteiger partial charge in [0.2, 0.25) is 0 Å². The molecule has 16 rings (SSSR count). The van der Waals surface area contributed by atoms with Crippen LogP contribution in [0.4, 0.5) is 11.4 Å². The average molecular weight is 1710 g/mol. The van der Waals surface area contributed by atoms with E-state index in [2.05, 4.69) is 170 Å². The number of rotatable bonds is 14. The third-order valence-corrected chi connectivity index (χ3v) is 21.8. The molecule has 472 valence electrons.